The zero-order chi connectivity index (χ0) is 14.3. The van der Waals surface area contributed by atoms with Crippen LogP contribution in [0.15, 0.2) is 0 Å². The Kier molecular flexibility index (Phi) is 7.01. The molecule has 0 bridgehead atoms. The normalized spacial score (nSPS) is 24.5. The highest BCUT2D eigenvalue weighted by molar-refractivity contribution is 7.99. The summed E-state index contributed by atoms with van der Waals surface area (Å²) in [6, 6.07) is -1.42. The molecule has 0 aromatic rings. The molecule has 0 aromatic carbocycles. The number of hydrogen-bond acceptors (Lipinski definition) is 4. The highest BCUT2D eigenvalue weighted by Gasteiger charge is 2.27. The summed E-state index contributed by atoms with van der Waals surface area (Å²) in [7, 11) is 0. The molecule has 2 unspecified atom stereocenters. The second-order valence-corrected chi connectivity index (χ2v) is 5.76. The van der Waals surface area contributed by atoms with E-state index in [1.54, 1.807) is 11.8 Å². The Morgan fingerprint density at radius 1 is 1.37 bits per heavy atom. The van der Waals surface area contributed by atoms with Crippen LogP contribution in [0.3, 0.4) is 0 Å². The lowest BCUT2D eigenvalue weighted by Crippen LogP contribution is -2.52. The maximum absolute atomic E-state index is 11.8. The molecule has 1 rings (SSSR count). The van der Waals surface area contributed by atoms with Gasteiger partial charge in [0.05, 0.1) is 0 Å². The lowest BCUT2D eigenvalue weighted by Gasteiger charge is -2.31. The van der Waals surface area contributed by atoms with Crippen LogP contribution in [0.25, 0.3) is 0 Å². The first-order chi connectivity index (χ1) is 9.08. The highest BCUT2D eigenvalue weighted by atomic mass is 32.2. The first-order valence-corrected chi connectivity index (χ1v) is 7.80. The van der Waals surface area contributed by atoms with Crippen LogP contribution in [0.4, 0.5) is 4.79 Å². The van der Waals surface area contributed by atoms with E-state index in [4.69, 9.17) is 10.2 Å². The topological polar surface area (TPSA) is 98.7 Å². The summed E-state index contributed by atoms with van der Waals surface area (Å²) in [6.07, 6.45) is 6.30. The van der Waals surface area contributed by atoms with E-state index in [1.165, 1.54) is 6.42 Å². The molecule has 0 heterocycles. The molecule has 0 aromatic heterocycles. The molecule has 1 saturated carbocycles. The molecule has 0 radical (unpaired) electrons. The van der Waals surface area contributed by atoms with Crippen molar-refractivity contribution in [2.45, 2.75) is 49.4 Å². The summed E-state index contributed by atoms with van der Waals surface area (Å²) in [6.45, 7) is -0.270. The lowest BCUT2D eigenvalue weighted by atomic mass is 9.95. The summed E-state index contributed by atoms with van der Waals surface area (Å²) >= 11 is 1.73. The third-order valence-corrected chi connectivity index (χ3v) is 4.51. The number of carbonyl (C=O) groups excluding carboxylic acids is 1. The Balaban J connectivity index is 2.46. The van der Waals surface area contributed by atoms with Gasteiger partial charge in [0.25, 0.3) is 0 Å². The van der Waals surface area contributed by atoms with E-state index in [9.17, 15) is 9.59 Å². The quantitative estimate of drug-likeness (QED) is 0.580. The third-order valence-electron chi connectivity index (χ3n) is 3.34. The van der Waals surface area contributed by atoms with E-state index in [0.717, 1.165) is 19.3 Å². The molecule has 6 nitrogen and oxygen atoms in total. The molecule has 1 fully saturated rings. The number of amides is 2. The number of carboxylic acid groups (broad SMARTS) is 1. The number of urea groups is 1. The highest BCUT2D eigenvalue weighted by Crippen LogP contribution is 2.26. The van der Waals surface area contributed by atoms with E-state index in [0.29, 0.717) is 5.25 Å². The van der Waals surface area contributed by atoms with Crippen LogP contribution in [0.1, 0.15) is 32.1 Å². The van der Waals surface area contributed by atoms with Gasteiger partial charge in [0.2, 0.25) is 0 Å². The van der Waals surface area contributed by atoms with Gasteiger partial charge in [-0.1, -0.05) is 12.8 Å². The third kappa shape index (κ3) is 5.28. The number of aliphatic hydroxyl groups is 1. The van der Waals surface area contributed by atoms with Crippen molar-refractivity contribution in [1.82, 2.24) is 10.6 Å². The van der Waals surface area contributed by atoms with Gasteiger partial charge in [0.15, 0.2) is 0 Å². The van der Waals surface area contributed by atoms with Crippen LogP contribution in [0.2, 0.25) is 0 Å². The average Bonchev–Trinajstić information content (AvgIpc) is 2.38. The minimum atomic E-state index is -1.13. The fraction of sp³-hybridized carbons (Fsp3) is 0.833. The molecule has 1 aliphatic carbocycles. The molecule has 19 heavy (non-hydrogen) atoms. The summed E-state index contributed by atoms with van der Waals surface area (Å²) < 4.78 is 0. The van der Waals surface area contributed by atoms with Crippen molar-refractivity contribution in [3.8, 4) is 0 Å². The lowest BCUT2D eigenvalue weighted by molar-refractivity contribution is -0.139. The van der Waals surface area contributed by atoms with Crippen molar-refractivity contribution in [2.24, 2.45) is 0 Å². The average molecular weight is 290 g/mol. The number of carboxylic acids is 1. The van der Waals surface area contributed by atoms with E-state index >= 15 is 0 Å². The number of rotatable bonds is 6. The van der Waals surface area contributed by atoms with E-state index in [-0.39, 0.29) is 19.1 Å². The largest absolute Gasteiger partial charge is 0.480 e. The number of nitrogens with one attached hydrogen (secondary N) is 2. The monoisotopic (exact) mass is 290 g/mol. The van der Waals surface area contributed by atoms with Crippen LogP contribution in [0, 0.1) is 0 Å². The SMILES string of the molecule is CSC1CCCCC1NC(=O)N[C@@H](CCO)C(=O)O. The summed E-state index contributed by atoms with van der Waals surface area (Å²) in [5, 5.41) is 23.3. The van der Waals surface area contributed by atoms with Gasteiger partial charge in [-0.15, -0.1) is 0 Å². The van der Waals surface area contributed by atoms with Crippen LogP contribution < -0.4 is 10.6 Å². The molecule has 0 saturated heterocycles. The van der Waals surface area contributed by atoms with Crippen molar-refractivity contribution in [1.29, 1.82) is 0 Å². The standard InChI is InChI=1S/C12H22N2O4S/c1-19-10-5-3-2-4-8(10)13-12(18)14-9(6-7-15)11(16)17/h8-10,15H,2-7H2,1H3,(H,16,17)(H2,13,14,18)/t8?,9-,10?/m0/s1. The van der Waals surface area contributed by atoms with Crippen molar-refractivity contribution in [3.63, 3.8) is 0 Å². The number of carbonyl (C=O) groups is 2. The molecule has 110 valence electrons. The minimum Gasteiger partial charge on any atom is -0.480 e. The minimum absolute atomic E-state index is 0.0133. The molecule has 3 atom stereocenters. The zero-order valence-corrected chi connectivity index (χ0v) is 11.9. The van der Waals surface area contributed by atoms with E-state index in [1.807, 2.05) is 6.26 Å². The predicted octanol–water partition coefficient (Wildman–Crippen LogP) is 0.795. The Bertz CT molecular complexity index is 314. The first-order valence-electron chi connectivity index (χ1n) is 6.52. The molecule has 4 N–H and O–H groups in total. The Labute approximate surface area is 117 Å². The Morgan fingerprint density at radius 3 is 2.63 bits per heavy atom. The smallest absolute Gasteiger partial charge is 0.326 e. The maximum atomic E-state index is 11.8. The van der Waals surface area contributed by atoms with Crippen molar-refractivity contribution >= 4 is 23.8 Å². The molecule has 2 amide bonds. The van der Waals surface area contributed by atoms with Gasteiger partial charge in [0, 0.05) is 24.3 Å². The molecular formula is C12H22N2O4S. The summed E-state index contributed by atoms with van der Waals surface area (Å²) in [4.78, 5) is 22.7. The zero-order valence-electron chi connectivity index (χ0n) is 11.1. The Morgan fingerprint density at radius 2 is 2.05 bits per heavy atom. The summed E-state index contributed by atoms with van der Waals surface area (Å²) in [5.74, 6) is -1.13. The number of aliphatic carboxylic acids is 1. The molecule has 0 spiro atoms. The van der Waals surface area contributed by atoms with Crippen LogP contribution in [-0.2, 0) is 4.79 Å². The summed E-state index contributed by atoms with van der Waals surface area (Å²) in [5.41, 5.74) is 0. The van der Waals surface area contributed by atoms with Gasteiger partial charge in [-0.25, -0.2) is 9.59 Å². The Hall–Kier alpha value is -0.950. The molecular weight excluding hydrogens is 268 g/mol. The van der Waals surface area contributed by atoms with E-state index in [2.05, 4.69) is 10.6 Å². The fourth-order valence-corrected chi connectivity index (χ4v) is 3.23. The van der Waals surface area contributed by atoms with Crippen LogP contribution in [0.5, 0.6) is 0 Å². The second-order valence-electron chi connectivity index (χ2n) is 4.69. The predicted molar refractivity (Wildman–Crippen MR) is 74.4 cm³/mol. The van der Waals surface area contributed by atoms with Crippen molar-refractivity contribution < 1.29 is 19.8 Å². The number of thioether (sulfide) groups is 1. The fourth-order valence-electron chi connectivity index (χ4n) is 2.30. The first kappa shape index (κ1) is 16.1. The van der Waals surface area contributed by atoms with Gasteiger partial charge >= 0.3 is 12.0 Å². The van der Waals surface area contributed by atoms with Gasteiger partial charge < -0.3 is 20.8 Å². The van der Waals surface area contributed by atoms with Gasteiger partial charge in [0.1, 0.15) is 6.04 Å². The van der Waals surface area contributed by atoms with Gasteiger partial charge in [-0.3, -0.25) is 0 Å². The number of hydrogen-bond donors (Lipinski definition) is 4. The van der Waals surface area contributed by atoms with E-state index < -0.39 is 18.0 Å². The van der Waals surface area contributed by atoms with Crippen molar-refractivity contribution in [2.75, 3.05) is 12.9 Å². The van der Waals surface area contributed by atoms with Crippen molar-refractivity contribution in [3.05, 3.63) is 0 Å². The molecule has 0 aliphatic heterocycles. The molecule has 1 aliphatic rings. The maximum Gasteiger partial charge on any atom is 0.326 e. The van der Waals surface area contributed by atoms with Crippen LogP contribution >= 0.6 is 11.8 Å². The molecule has 7 heteroatoms. The van der Waals surface area contributed by atoms with Gasteiger partial charge in [-0.05, 0) is 19.1 Å². The van der Waals surface area contributed by atoms with Crippen LogP contribution in [-0.4, -0.2) is 52.4 Å². The number of aliphatic hydroxyl groups excluding tert-OH is 1. The van der Waals surface area contributed by atoms with Gasteiger partial charge in [-0.2, -0.15) is 11.8 Å². The second kappa shape index (κ2) is 8.27.